The molecule has 0 spiro atoms. The maximum Gasteiger partial charge on any atom is 0.338 e. The second-order valence-corrected chi connectivity index (χ2v) is 8.39. The summed E-state index contributed by atoms with van der Waals surface area (Å²) in [6, 6.07) is 11.7. The number of carbonyl (C=O) groups excluding carboxylic acids is 2. The summed E-state index contributed by atoms with van der Waals surface area (Å²) in [7, 11) is 1.54. The Labute approximate surface area is 199 Å². The lowest BCUT2D eigenvalue weighted by molar-refractivity contribution is -0.143. The molecule has 0 bridgehead atoms. The first kappa shape index (κ1) is 24.5. The molecule has 0 fully saturated rings. The molecule has 3 rings (SSSR count). The van der Waals surface area contributed by atoms with Gasteiger partial charge in [-0.05, 0) is 55.7 Å². The Bertz CT molecular complexity index is 1030. The zero-order chi connectivity index (χ0) is 24.0. The molecule has 0 aromatic heterocycles. The predicted molar refractivity (Wildman–Crippen MR) is 126 cm³/mol. The first-order chi connectivity index (χ1) is 15.8. The summed E-state index contributed by atoms with van der Waals surface area (Å²) in [5.41, 5.74) is 2.60. The number of urea groups is 1. The molecular weight excluding hydrogens is 444 g/mol. The second kappa shape index (κ2) is 11.1. The summed E-state index contributed by atoms with van der Waals surface area (Å²) < 4.78 is 16.9. The molecule has 2 aromatic carbocycles. The number of methoxy groups -OCH3 is 1. The lowest BCUT2D eigenvalue weighted by atomic mass is 9.93. The zero-order valence-corrected chi connectivity index (χ0v) is 20.0. The Balaban J connectivity index is 1.91. The van der Waals surface area contributed by atoms with Crippen LogP contribution < -0.4 is 20.1 Å². The number of allylic oxidation sites excluding steroid dienone is 1. The average Bonchev–Trinajstić information content (AvgIpc) is 2.78. The van der Waals surface area contributed by atoms with Gasteiger partial charge in [0.05, 0.1) is 24.8 Å². The molecule has 0 saturated carbocycles. The highest BCUT2D eigenvalue weighted by molar-refractivity contribution is 6.30. The van der Waals surface area contributed by atoms with Crippen LogP contribution in [-0.2, 0) is 16.1 Å². The van der Waals surface area contributed by atoms with Gasteiger partial charge in [0.15, 0.2) is 11.5 Å². The van der Waals surface area contributed by atoms with Gasteiger partial charge < -0.3 is 24.8 Å². The number of hydrogen-bond acceptors (Lipinski definition) is 5. The molecule has 1 unspecified atom stereocenters. The largest absolute Gasteiger partial charge is 0.493 e. The number of ether oxygens (including phenoxy) is 3. The fourth-order valence-electron chi connectivity index (χ4n) is 3.56. The van der Waals surface area contributed by atoms with Crippen molar-refractivity contribution in [1.82, 2.24) is 10.6 Å². The topological polar surface area (TPSA) is 85.9 Å². The smallest absolute Gasteiger partial charge is 0.338 e. The van der Waals surface area contributed by atoms with Gasteiger partial charge in [0, 0.05) is 10.7 Å². The summed E-state index contributed by atoms with van der Waals surface area (Å²) in [6.45, 7) is 5.90. The molecule has 176 valence electrons. The van der Waals surface area contributed by atoms with E-state index >= 15 is 0 Å². The van der Waals surface area contributed by atoms with E-state index in [2.05, 4.69) is 10.6 Å². The first-order valence-electron chi connectivity index (χ1n) is 10.9. The third-order valence-electron chi connectivity index (χ3n) is 5.04. The van der Waals surface area contributed by atoms with Gasteiger partial charge in [0.25, 0.3) is 0 Å². The summed E-state index contributed by atoms with van der Waals surface area (Å²) in [5, 5.41) is 6.27. The molecule has 2 N–H and O–H groups in total. The van der Waals surface area contributed by atoms with E-state index in [0.29, 0.717) is 46.4 Å². The molecule has 33 heavy (non-hydrogen) atoms. The normalized spacial score (nSPS) is 15.7. The molecule has 7 nitrogen and oxygen atoms in total. The van der Waals surface area contributed by atoms with Crippen molar-refractivity contribution in [2.24, 2.45) is 0 Å². The van der Waals surface area contributed by atoms with Crippen molar-refractivity contribution in [3.05, 3.63) is 69.9 Å². The van der Waals surface area contributed by atoms with Crippen LogP contribution in [0, 0.1) is 0 Å². The van der Waals surface area contributed by atoms with Gasteiger partial charge in [0.2, 0.25) is 0 Å². The summed E-state index contributed by atoms with van der Waals surface area (Å²) in [4.78, 5) is 25.3. The molecule has 0 saturated heterocycles. The van der Waals surface area contributed by atoms with Crippen molar-refractivity contribution in [2.75, 3.05) is 7.11 Å². The van der Waals surface area contributed by atoms with Gasteiger partial charge in [0.1, 0.15) is 6.61 Å². The number of nitrogens with one attached hydrogen (secondary N) is 2. The minimum absolute atomic E-state index is 0.288. The van der Waals surface area contributed by atoms with E-state index in [1.807, 2.05) is 25.1 Å². The molecule has 2 amide bonds. The standard InChI is InChI=1S/C25H29ClN2O5/c1-5-6-19-22(24(29)33-15(2)3)23(28-25(30)27-19)17-9-12-20(21(13-17)31-4)32-14-16-7-10-18(26)11-8-16/h7-13,15,23H,5-6,14H2,1-4H3,(H2,27,28,30). The molecule has 1 aliphatic heterocycles. The van der Waals surface area contributed by atoms with E-state index in [1.165, 1.54) is 0 Å². The molecule has 0 radical (unpaired) electrons. The molecule has 1 heterocycles. The Morgan fingerprint density at radius 1 is 1.12 bits per heavy atom. The third kappa shape index (κ3) is 6.20. The van der Waals surface area contributed by atoms with Crippen LogP contribution in [0.3, 0.4) is 0 Å². The van der Waals surface area contributed by atoms with Crippen molar-refractivity contribution < 1.29 is 23.8 Å². The van der Waals surface area contributed by atoms with Gasteiger partial charge in [-0.25, -0.2) is 9.59 Å². The number of halogens is 1. The molecule has 8 heteroatoms. The van der Waals surface area contributed by atoms with Gasteiger partial charge in [-0.15, -0.1) is 0 Å². The van der Waals surface area contributed by atoms with Crippen LogP contribution in [0.4, 0.5) is 4.79 Å². The van der Waals surface area contributed by atoms with E-state index in [9.17, 15) is 9.59 Å². The number of rotatable bonds is 9. The van der Waals surface area contributed by atoms with Crippen molar-refractivity contribution in [3.63, 3.8) is 0 Å². The van der Waals surface area contributed by atoms with Gasteiger partial charge in [-0.2, -0.15) is 0 Å². The van der Waals surface area contributed by atoms with Crippen molar-refractivity contribution in [3.8, 4) is 11.5 Å². The predicted octanol–water partition coefficient (Wildman–Crippen LogP) is 5.29. The van der Waals surface area contributed by atoms with E-state index in [0.717, 1.165) is 12.0 Å². The van der Waals surface area contributed by atoms with E-state index < -0.39 is 12.0 Å². The highest BCUT2D eigenvalue weighted by Crippen LogP contribution is 2.35. The monoisotopic (exact) mass is 472 g/mol. The Morgan fingerprint density at radius 3 is 2.48 bits per heavy atom. The minimum Gasteiger partial charge on any atom is -0.493 e. The highest BCUT2D eigenvalue weighted by Gasteiger charge is 2.34. The first-order valence-corrected chi connectivity index (χ1v) is 11.3. The molecule has 1 atom stereocenters. The maximum absolute atomic E-state index is 13.0. The minimum atomic E-state index is -0.675. The summed E-state index contributed by atoms with van der Waals surface area (Å²) in [5.74, 6) is 0.566. The van der Waals surface area contributed by atoms with Gasteiger partial charge >= 0.3 is 12.0 Å². The SMILES string of the molecule is CCCC1=C(C(=O)OC(C)C)C(c2ccc(OCc3ccc(Cl)cc3)c(OC)c2)NC(=O)N1. The molecular formula is C25H29ClN2O5. The number of carbonyl (C=O) groups is 2. The third-order valence-corrected chi connectivity index (χ3v) is 5.30. The fraction of sp³-hybridized carbons (Fsp3) is 0.360. The van der Waals surface area contributed by atoms with Crippen molar-refractivity contribution in [1.29, 1.82) is 0 Å². The quantitative estimate of drug-likeness (QED) is 0.484. The van der Waals surface area contributed by atoms with E-state index in [4.69, 9.17) is 25.8 Å². The van der Waals surface area contributed by atoms with Crippen LogP contribution in [0.15, 0.2) is 53.7 Å². The Hall–Kier alpha value is -3.19. The average molecular weight is 473 g/mol. The molecule has 1 aliphatic rings. The van der Waals surface area contributed by atoms with Crippen LogP contribution in [0.5, 0.6) is 11.5 Å². The van der Waals surface area contributed by atoms with Crippen molar-refractivity contribution >= 4 is 23.6 Å². The van der Waals surface area contributed by atoms with Gasteiger partial charge in [-0.3, -0.25) is 0 Å². The van der Waals surface area contributed by atoms with E-state index in [-0.39, 0.29) is 12.1 Å². The Kier molecular flexibility index (Phi) is 8.22. The number of amides is 2. The highest BCUT2D eigenvalue weighted by atomic mass is 35.5. The van der Waals surface area contributed by atoms with Crippen LogP contribution in [0.25, 0.3) is 0 Å². The molecule has 0 aliphatic carbocycles. The Morgan fingerprint density at radius 2 is 1.85 bits per heavy atom. The second-order valence-electron chi connectivity index (χ2n) is 7.95. The zero-order valence-electron chi connectivity index (χ0n) is 19.2. The fourth-order valence-corrected chi connectivity index (χ4v) is 3.68. The van der Waals surface area contributed by atoms with Crippen LogP contribution in [0.2, 0.25) is 5.02 Å². The number of esters is 1. The number of hydrogen-bond donors (Lipinski definition) is 2. The van der Waals surface area contributed by atoms with Crippen LogP contribution in [0.1, 0.15) is 50.8 Å². The lowest BCUT2D eigenvalue weighted by Gasteiger charge is -2.30. The number of benzene rings is 2. The lowest BCUT2D eigenvalue weighted by Crippen LogP contribution is -2.46. The molecule has 2 aromatic rings. The van der Waals surface area contributed by atoms with Gasteiger partial charge in [-0.1, -0.05) is 43.1 Å². The van der Waals surface area contributed by atoms with Crippen LogP contribution >= 0.6 is 11.6 Å². The maximum atomic E-state index is 13.0. The van der Waals surface area contributed by atoms with Crippen molar-refractivity contribution in [2.45, 2.75) is 52.4 Å². The van der Waals surface area contributed by atoms with Crippen LogP contribution in [-0.4, -0.2) is 25.2 Å². The summed E-state index contributed by atoms with van der Waals surface area (Å²) >= 11 is 5.94. The summed E-state index contributed by atoms with van der Waals surface area (Å²) in [6.07, 6.45) is 1.03. The van der Waals surface area contributed by atoms with E-state index in [1.54, 1.807) is 45.2 Å².